The van der Waals surface area contributed by atoms with E-state index in [-0.39, 0.29) is 0 Å². The lowest BCUT2D eigenvalue weighted by Crippen LogP contribution is -2.02. The van der Waals surface area contributed by atoms with Gasteiger partial charge in [-0.05, 0) is 42.3 Å². The second-order valence-corrected chi connectivity index (χ2v) is 4.87. The van der Waals surface area contributed by atoms with Gasteiger partial charge < -0.3 is 16.8 Å². The van der Waals surface area contributed by atoms with E-state index in [0.717, 1.165) is 16.6 Å². The summed E-state index contributed by atoms with van der Waals surface area (Å²) in [6, 6.07) is 9.64. The first kappa shape index (κ1) is 12.7. The van der Waals surface area contributed by atoms with Crippen LogP contribution in [0.2, 0.25) is 0 Å². The molecule has 2 aromatic rings. The van der Waals surface area contributed by atoms with Crippen molar-refractivity contribution in [1.29, 1.82) is 0 Å². The molecule has 0 amide bonds. The smallest absolute Gasteiger partial charge is 0.149 e. The van der Waals surface area contributed by atoms with Crippen LogP contribution in [0.4, 0.5) is 23.0 Å². The summed E-state index contributed by atoms with van der Waals surface area (Å²) in [6.07, 6.45) is 0.937. The molecule has 0 saturated carbocycles. The Morgan fingerprint density at radius 1 is 1.22 bits per heavy atom. The third kappa shape index (κ3) is 2.73. The van der Waals surface area contributed by atoms with Crippen LogP contribution in [0.15, 0.2) is 34.8 Å². The van der Waals surface area contributed by atoms with Crippen LogP contribution in [0, 0.1) is 0 Å². The zero-order valence-electron chi connectivity index (χ0n) is 10.1. The number of hydrogen-bond acceptors (Lipinski definition) is 4. The highest BCUT2D eigenvalue weighted by Gasteiger charge is 2.04. The highest BCUT2D eigenvalue weighted by molar-refractivity contribution is 9.10. The minimum absolute atomic E-state index is 0.343. The van der Waals surface area contributed by atoms with Crippen molar-refractivity contribution in [2.75, 3.05) is 16.8 Å². The Morgan fingerprint density at radius 3 is 2.67 bits per heavy atom. The molecule has 1 aromatic carbocycles. The van der Waals surface area contributed by atoms with E-state index in [1.165, 1.54) is 5.56 Å². The van der Waals surface area contributed by atoms with Crippen LogP contribution in [0.5, 0.6) is 0 Å². The minimum atomic E-state index is 0.343. The summed E-state index contributed by atoms with van der Waals surface area (Å²) in [6.45, 7) is 2.11. The van der Waals surface area contributed by atoms with Crippen LogP contribution in [0.3, 0.4) is 0 Å². The highest BCUT2D eigenvalue weighted by Crippen LogP contribution is 2.25. The molecular formula is C13H15BrN4. The molecule has 0 radical (unpaired) electrons. The Morgan fingerprint density at radius 2 is 2.00 bits per heavy atom. The summed E-state index contributed by atoms with van der Waals surface area (Å²) in [5.41, 5.74) is 14.0. The number of aryl methyl sites for hydroxylation is 1. The third-order valence-corrected chi connectivity index (χ3v) is 3.16. The molecular weight excluding hydrogens is 292 g/mol. The zero-order valence-corrected chi connectivity index (χ0v) is 11.7. The maximum atomic E-state index is 5.69. The van der Waals surface area contributed by atoms with Crippen molar-refractivity contribution >= 4 is 38.9 Å². The fraction of sp³-hybridized carbons (Fsp3) is 0.154. The fourth-order valence-electron chi connectivity index (χ4n) is 1.67. The monoisotopic (exact) mass is 306 g/mol. The molecule has 0 aliphatic heterocycles. The number of benzene rings is 1. The Balaban J connectivity index is 2.30. The van der Waals surface area contributed by atoms with Crippen LogP contribution in [-0.2, 0) is 6.42 Å². The van der Waals surface area contributed by atoms with Gasteiger partial charge in [-0.25, -0.2) is 4.98 Å². The van der Waals surface area contributed by atoms with Crippen molar-refractivity contribution in [2.24, 2.45) is 0 Å². The van der Waals surface area contributed by atoms with Crippen molar-refractivity contribution in [3.63, 3.8) is 0 Å². The molecule has 4 nitrogen and oxygen atoms in total. The van der Waals surface area contributed by atoms with Crippen LogP contribution in [0.25, 0.3) is 0 Å². The van der Waals surface area contributed by atoms with Gasteiger partial charge in [-0.3, -0.25) is 0 Å². The number of halogens is 1. The summed E-state index contributed by atoms with van der Waals surface area (Å²) in [5.74, 6) is 1.04. The summed E-state index contributed by atoms with van der Waals surface area (Å²) in [7, 11) is 0. The average Bonchev–Trinajstić information content (AvgIpc) is 2.36. The average molecular weight is 307 g/mol. The maximum absolute atomic E-state index is 5.69. The molecule has 0 aliphatic carbocycles. The predicted molar refractivity (Wildman–Crippen MR) is 79.9 cm³/mol. The number of nitrogens with one attached hydrogen (secondary N) is 1. The van der Waals surface area contributed by atoms with Gasteiger partial charge in [-0.1, -0.05) is 22.9 Å². The molecule has 0 spiro atoms. The molecule has 0 bridgehead atoms. The Labute approximate surface area is 115 Å². The highest BCUT2D eigenvalue weighted by atomic mass is 79.9. The van der Waals surface area contributed by atoms with E-state index in [1.54, 1.807) is 6.07 Å². The number of hydrogen-bond donors (Lipinski definition) is 3. The van der Waals surface area contributed by atoms with E-state index >= 15 is 0 Å². The molecule has 0 aliphatic rings. The second kappa shape index (κ2) is 5.27. The Hall–Kier alpha value is -1.75. The second-order valence-electron chi connectivity index (χ2n) is 3.95. The number of rotatable bonds is 3. The topological polar surface area (TPSA) is 77.0 Å². The van der Waals surface area contributed by atoms with Crippen molar-refractivity contribution in [3.05, 3.63) is 40.4 Å². The lowest BCUT2D eigenvalue weighted by Gasteiger charge is -2.11. The summed E-state index contributed by atoms with van der Waals surface area (Å²) < 4.78 is 1.06. The number of anilines is 4. The van der Waals surface area contributed by atoms with Gasteiger partial charge in [0.1, 0.15) is 11.6 Å². The molecule has 5 N–H and O–H groups in total. The zero-order chi connectivity index (χ0) is 13.1. The number of nitrogen functional groups attached to an aromatic ring is 2. The largest absolute Gasteiger partial charge is 0.396 e. The normalized spacial score (nSPS) is 10.3. The molecule has 5 heteroatoms. The van der Waals surface area contributed by atoms with Gasteiger partial charge in [0, 0.05) is 10.2 Å². The number of nitrogens with zero attached hydrogens (tertiary/aromatic N) is 1. The molecule has 94 valence electrons. The van der Waals surface area contributed by atoms with E-state index in [9.17, 15) is 0 Å². The number of nitrogens with two attached hydrogens (primary N) is 2. The maximum Gasteiger partial charge on any atom is 0.149 e. The lowest BCUT2D eigenvalue weighted by molar-refractivity contribution is 1.13. The van der Waals surface area contributed by atoms with E-state index < -0.39 is 0 Å². The van der Waals surface area contributed by atoms with Gasteiger partial charge in [0.2, 0.25) is 0 Å². The van der Waals surface area contributed by atoms with Crippen molar-refractivity contribution in [1.82, 2.24) is 4.98 Å². The SMILES string of the molecule is CCc1cc(Br)ccc1Nc1ccc(N)c(N)n1. The Kier molecular flexibility index (Phi) is 3.72. The first-order chi connectivity index (χ1) is 8.60. The van der Waals surface area contributed by atoms with Gasteiger partial charge in [0.05, 0.1) is 5.69 Å². The summed E-state index contributed by atoms with van der Waals surface area (Å²) in [5, 5.41) is 3.25. The molecule has 0 unspecified atom stereocenters. The van der Waals surface area contributed by atoms with E-state index in [1.807, 2.05) is 18.2 Å². The molecule has 1 heterocycles. The summed E-state index contributed by atoms with van der Waals surface area (Å²) >= 11 is 3.46. The molecule has 2 rings (SSSR count). The first-order valence-electron chi connectivity index (χ1n) is 5.67. The fourth-order valence-corrected chi connectivity index (χ4v) is 2.08. The Bertz CT molecular complexity index is 569. The first-order valence-corrected chi connectivity index (χ1v) is 6.47. The van der Waals surface area contributed by atoms with Crippen molar-refractivity contribution in [3.8, 4) is 0 Å². The molecule has 0 atom stereocenters. The van der Waals surface area contributed by atoms with Gasteiger partial charge in [0.25, 0.3) is 0 Å². The van der Waals surface area contributed by atoms with Crippen molar-refractivity contribution < 1.29 is 0 Å². The van der Waals surface area contributed by atoms with Crippen LogP contribution >= 0.6 is 15.9 Å². The standard InChI is InChI=1S/C13H15BrN4/c1-2-8-7-9(14)3-5-11(8)17-12-6-4-10(15)13(16)18-12/h3-7H,2,15H2,1H3,(H3,16,17,18). The summed E-state index contributed by atoms with van der Waals surface area (Å²) in [4.78, 5) is 4.20. The molecule has 0 fully saturated rings. The number of aromatic nitrogens is 1. The molecule has 1 aromatic heterocycles. The molecule has 18 heavy (non-hydrogen) atoms. The van der Waals surface area contributed by atoms with Crippen LogP contribution in [-0.4, -0.2) is 4.98 Å². The van der Waals surface area contributed by atoms with E-state index in [2.05, 4.69) is 39.2 Å². The van der Waals surface area contributed by atoms with Crippen LogP contribution < -0.4 is 16.8 Å². The lowest BCUT2D eigenvalue weighted by atomic mass is 10.1. The third-order valence-electron chi connectivity index (χ3n) is 2.67. The predicted octanol–water partition coefficient (Wildman–Crippen LogP) is 3.31. The quantitative estimate of drug-likeness (QED) is 0.813. The van der Waals surface area contributed by atoms with Gasteiger partial charge in [-0.15, -0.1) is 0 Å². The van der Waals surface area contributed by atoms with Gasteiger partial charge in [0.15, 0.2) is 0 Å². The van der Waals surface area contributed by atoms with Gasteiger partial charge in [-0.2, -0.15) is 0 Å². The minimum Gasteiger partial charge on any atom is -0.396 e. The number of pyridine rings is 1. The van der Waals surface area contributed by atoms with Crippen LogP contribution in [0.1, 0.15) is 12.5 Å². The van der Waals surface area contributed by atoms with Gasteiger partial charge >= 0.3 is 0 Å². The van der Waals surface area contributed by atoms with E-state index in [4.69, 9.17) is 11.5 Å². The van der Waals surface area contributed by atoms with E-state index in [0.29, 0.717) is 17.3 Å². The molecule has 0 saturated heterocycles. The van der Waals surface area contributed by atoms with Crippen molar-refractivity contribution in [2.45, 2.75) is 13.3 Å².